The molecule has 0 aliphatic rings. The Morgan fingerprint density at radius 2 is 2.05 bits per heavy atom. The molecule has 3 aromatic rings. The molecule has 0 unspecified atom stereocenters. The zero-order valence-corrected chi connectivity index (χ0v) is 11.5. The topological polar surface area (TPSA) is 46.3 Å². The van der Waals surface area contributed by atoms with Gasteiger partial charge >= 0.3 is 0 Å². The van der Waals surface area contributed by atoms with Crippen molar-refractivity contribution in [3.8, 4) is 0 Å². The second-order valence-corrected chi connectivity index (χ2v) is 5.41. The van der Waals surface area contributed by atoms with Crippen LogP contribution in [0.2, 0.25) is 0 Å². The zero-order valence-electron chi connectivity index (χ0n) is 10.7. The smallest absolute Gasteiger partial charge is 0.261 e. The van der Waals surface area contributed by atoms with Gasteiger partial charge in [0.25, 0.3) is 5.22 Å². The highest BCUT2D eigenvalue weighted by atomic mass is 32.2. The number of para-hydroxylation sites is 2. The molecule has 2 aromatic carbocycles. The Kier molecular flexibility index (Phi) is 3.46. The van der Waals surface area contributed by atoms with Crippen molar-refractivity contribution in [2.45, 2.75) is 23.1 Å². The van der Waals surface area contributed by atoms with E-state index in [4.69, 9.17) is 4.42 Å². The van der Waals surface area contributed by atoms with Crippen molar-refractivity contribution in [3.05, 3.63) is 53.8 Å². The number of benzene rings is 2. The van der Waals surface area contributed by atoms with Crippen LogP contribution in [-0.2, 0) is 0 Å². The van der Waals surface area contributed by atoms with Crippen LogP contribution in [0, 0.1) is 5.82 Å². The summed E-state index contributed by atoms with van der Waals surface area (Å²) < 4.78 is 19.5. The Morgan fingerprint density at radius 3 is 2.75 bits per heavy atom. The van der Waals surface area contributed by atoms with E-state index in [1.54, 1.807) is 19.1 Å². The highest BCUT2D eigenvalue weighted by molar-refractivity contribution is 7.99. The molecule has 0 fully saturated rings. The first-order valence-corrected chi connectivity index (χ1v) is 6.96. The van der Waals surface area contributed by atoms with Crippen molar-refractivity contribution in [1.82, 2.24) is 4.98 Å². The summed E-state index contributed by atoms with van der Waals surface area (Å²) in [6, 6.07) is 12.0. The van der Waals surface area contributed by atoms with Gasteiger partial charge < -0.3 is 9.52 Å². The minimum absolute atomic E-state index is 0.393. The van der Waals surface area contributed by atoms with Gasteiger partial charge in [-0.15, -0.1) is 0 Å². The number of aliphatic hydroxyl groups is 1. The number of fused-ring (bicyclic) bond motifs is 1. The lowest BCUT2D eigenvalue weighted by Gasteiger charge is -2.06. The van der Waals surface area contributed by atoms with E-state index in [2.05, 4.69) is 4.98 Å². The SMILES string of the molecule is C[C@@H](O)c1ccc(Sc2nc3ccccc3o2)c(F)c1. The van der Waals surface area contributed by atoms with E-state index in [9.17, 15) is 9.50 Å². The fourth-order valence-electron chi connectivity index (χ4n) is 1.85. The van der Waals surface area contributed by atoms with Crippen LogP contribution in [0.5, 0.6) is 0 Å². The van der Waals surface area contributed by atoms with Gasteiger partial charge in [0, 0.05) is 0 Å². The first-order chi connectivity index (χ1) is 9.63. The molecule has 20 heavy (non-hydrogen) atoms. The zero-order chi connectivity index (χ0) is 14.1. The number of aliphatic hydroxyl groups excluding tert-OH is 1. The van der Waals surface area contributed by atoms with Crippen molar-refractivity contribution in [2.24, 2.45) is 0 Å². The molecular formula is C15H12FNO2S. The number of oxazole rings is 1. The second kappa shape index (κ2) is 5.26. The number of hydrogen-bond donors (Lipinski definition) is 1. The third-order valence-electron chi connectivity index (χ3n) is 2.91. The van der Waals surface area contributed by atoms with Gasteiger partial charge in [-0.3, -0.25) is 0 Å². The first-order valence-electron chi connectivity index (χ1n) is 6.14. The van der Waals surface area contributed by atoms with Gasteiger partial charge in [0.1, 0.15) is 11.3 Å². The summed E-state index contributed by atoms with van der Waals surface area (Å²) in [5.41, 5.74) is 1.97. The van der Waals surface area contributed by atoms with Crippen LogP contribution in [0.1, 0.15) is 18.6 Å². The normalized spacial score (nSPS) is 12.8. The lowest BCUT2D eigenvalue weighted by Crippen LogP contribution is -1.92. The van der Waals surface area contributed by atoms with Crippen LogP contribution in [0.4, 0.5) is 4.39 Å². The molecule has 1 aromatic heterocycles. The average Bonchev–Trinajstić information content (AvgIpc) is 2.83. The van der Waals surface area contributed by atoms with E-state index < -0.39 is 11.9 Å². The summed E-state index contributed by atoms with van der Waals surface area (Å²) in [4.78, 5) is 4.70. The van der Waals surface area contributed by atoms with Gasteiger partial charge in [0.2, 0.25) is 0 Å². The molecule has 1 atom stereocenters. The van der Waals surface area contributed by atoms with E-state index in [1.165, 1.54) is 6.07 Å². The van der Waals surface area contributed by atoms with Crippen LogP contribution in [0.15, 0.2) is 57.0 Å². The maximum atomic E-state index is 14.0. The Morgan fingerprint density at radius 1 is 1.25 bits per heavy atom. The minimum atomic E-state index is -0.687. The largest absolute Gasteiger partial charge is 0.431 e. The summed E-state index contributed by atoms with van der Waals surface area (Å²) in [6.45, 7) is 1.60. The molecule has 0 radical (unpaired) electrons. The van der Waals surface area contributed by atoms with Crippen LogP contribution in [0.25, 0.3) is 11.1 Å². The Hall–Kier alpha value is -1.85. The molecular weight excluding hydrogens is 277 g/mol. The van der Waals surface area contributed by atoms with Crippen molar-refractivity contribution >= 4 is 22.9 Å². The first kappa shape index (κ1) is 13.1. The van der Waals surface area contributed by atoms with Crippen LogP contribution in [-0.4, -0.2) is 10.1 Å². The van der Waals surface area contributed by atoms with Crippen molar-refractivity contribution in [1.29, 1.82) is 0 Å². The van der Waals surface area contributed by atoms with Crippen molar-refractivity contribution in [3.63, 3.8) is 0 Å². The molecule has 0 spiro atoms. The van der Waals surface area contributed by atoms with E-state index in [0.29, 0.717) is 21.3 Å². The molecule has 0 aliphatic carbocycles. The molecule has 1 heterocycles. The summed E-state index contributed by atoms with van der Waals surface area (Å²) in [5.74, 6) is -0.393. The maximum absolute atomic E-state index is 14.0. The maximum Gasteiger partial charge on any atom is 0.261 e. The Bertz CT molecular complexity index is 721. The van der Waals surface area contributed by atoms with Gasteiger partial charge in [0.05, 0.1) is 11.0 Å². The van der Waals surface area contributed by atoms with E-state index in [-0.39, 0.29) is 0 Å². The van der Waals surface area contributed by atoms with Gasteiger partial charge in [-0.2, -0.15) is 0 Å². The molecule has 102 valence electrons. The molecule has 0 bridgehead atoms. The fourth-order valence-corrected chi connectivity index (χ4v) is 2.60. The van der Waals surface area contributed by atoms with Gasteiger partial charge in [-0.05, 0) is 48.5 Å². The fraction of sp³-hybridized carbons (Fsp3) is 0.133. The van der Waals surface area contributed by atoms with E-state index in [0.717, 1.165) is 17.3 Å². The van der Waals surface area contributed by atoms with Gasteiger partial charge in [-0.25, -0.2) is 9.37 Å². The molecule has 0 saturated carbocycles. The molecule has 0 aliphatic heterocycles. The lowest BCUT2D eigenvalue weighted by molar-refractivity contribution is 0.198. The molecule has 3 rings (SSSR count). The number of aromatic nitrogens is 1. The third kappa shape index (κ3) is 2.55. The van der Waals surface area contributed by atoms with Crippen LogP contribution in [0.3, 0.4) is 0 Å². The van der Waals surface area contributed by atoms with Gasteiger partial charge in [0.15, 0.2) is 5.58 Å². The molecule has 5 heteroatoms. The average molecular weight is 289 g/mol. The molecule has 3 nitrogen and oxygen atoms in total. The standard InChI is InChI=1S/C15H12FNO2S/c1-9(18)10-6-7-14(11(16)8-10)20-15-17-12-4-2-3-5-13(12)19-15/h2-9,18H,1H3/t9-/m1/s1. The Balaban J connectivity index is 1.90. The van der Waals surface area contributed by atoms with Gasteiger partial charge in [-0.1, -0.05) is 18.2 Å². The number of nitrogens with zero attached hydrogens (tertiary/aromatic N) is 1. The summed E-state index contributed by atoms with van der Waals surface area (Å²) in [5, 5.41) is 9.82. The predicted octanol–water partition coefficient (Wildman–Crippen LogP) is 4.17. The quantitative estimate of drug-likeness (QED) is 0.786. The molecule has 1 N–H and O–H groups in total. The number of hydrogen-bond acceptors (Lipinski definition) is 4. The van der Waals surface area contributed by atoms with Crippen LogP contribution < -0.4 is 0 Å². The van der Waals surface area contributed by atoms with Crippen molar-refractivity contribution < 1.29 is 13.9 Å². The molecule has 0 saturated heterocycles. The predicted molar refractivity (Wildman–Crippen MR) is 75.2 cm³/mol. The number of rotatable bonds is 3. The monoisotopic (exact) mass is 289 g/mol. The van der Waals surface area contributed by atoms with Crippen molar-refractivity contribution in [2.75, 3.05) is 0 Å². The second-order valence-electron chi connectivity index (χ2n) is 4.42. The van der Waals surface area contributed by atoms with Crippen LogP contribution >= 0.6 is 11.8 Å². The lowest BCUT2D eigenvalue weighted by atomic mass is 10.1. The minimum Gasteiger partial charge on any atom is -0.431 e. The summed E-state index contributed by atoms with van der Waals surface area (Å²) in [7, 11) is 0. The highest BCUT2D eigenvalue weighted by Gasteiger charge is 2.12. The highest BCUT2D eigenvalue weighted by Crippen LogP contribution is 2.32. The number of halogens is 1. The molecule has 0 amide bonds. The summed E-state index contributed by atoms with van der Waals surface area (Å²) >= 11 is 1.13. The third-order valence-corrected chi connectivity index (χ3v) is 3.81. The summed E-state index contributed by atoms with van der Waals surface area (Å²) in [6.07, 6.45) is -0.687. The Labute approximate surface area is 119 Å². The van der Waals surface area contributed by atoms with E-state index >= 15 is 0 Å². The van der Waals surface area contributed by atoms with E-state index in [1.807, 2.05) is 24.3 Å².